The molecule has 0 radical (unpaired) electrons. The maximum atomic E-state index is 13.0. The number of carbonyl (C=O) groups excluding carboxylic acids is 3. The van der Waals surface area contributed by atoms with E-state index in [-0.39, 0.29) is 23.9 Å². The molecule has 22 heavy (non-hydrogen) atoms. The predicted molar refractivity (Wildman–Crippen MR) is 81.1 cm³/mol. The molecule has 3 aliphatic heterocycles. The highest BCUT2D eigenvalue weighted by Crippen LogP contribution is 2.42. The van der Waals surface area contributed by atoms with Gasteiger partial charge in [-0.25, -0.2) is 9.69 Å². The van der Waals surface area contributed by atoms with Gasteiger partial charge in [0.15, 0.2) is 0 Å². The molecule has 0 saturated carbocycles. The van der Waals surface area contributed by atoms with Crippen LogP contribution in [0.25, 0.3) is 0 Å². The minimum absolute atomic E-state index is 0.0791. The molecular weight excluding hydrogens is 282 g/mol. The highest BCUT2D eigenvalue weighted by atomic mass is 16.2. The molecule has 4 amide bonds. The summed E-state index contributed by atoms with van der Waals surface area (Å²) in [6, 6.07) is -0.739. The average molecular weight is 307 g/mol. The van der Waals surface area contributed by atoms with E-state index >= 15 is 0 Å². The topological polar surface area (TPSA) is 60.9 Å². The van der Waals surface area contributed by atoms with Crippen molar-refractivity contribution in [3.63, 3.8) is 0 Å². The highest BCUT2D eigenvalue weighted by Gasteiger charge is 2.61. The van der Waals surface area contributed by atoms with E-state index in [2.05, 4.69) is 0 Å². The van der Waals surface area contributed by atoms with Gasteiger partial charge in [0.1, 0.15) is 11.6 Å². The van der Waals surface area contributed by atoms with Crippen molar-refractivity contribution in [1.29, 1.82) is 0 Å². The molecular formula is C16H25N3O3. The molecule has 2 atom stereocenters. The molecule has 0 N–H and O–H groups in total. The Bertz CT molecular complexity index is 519. The molecule has 3 aliphatic rings. The lowest BCUT2D eigenvalue weighted by Gasteiger charge is -2.27. The Labute approximate surface area is 131 Å². The Morgan fingerprint density at radius 3 is 2.55 bits per heavy atom. The molecule has 0 aliphatic carbocycles. The standard InChI is InChI=1S/C16H25N3O3/c1-4-7-16-8-5-9-18(16)15(22)19(14(16)21)12-6-10-17(11(2)3)13(12)20/h11-12H,4-10H2,1-3H3/t12-,16-/m1/s1. The van der Waals surface area contributed by atoms with Crippen LogP contribution in [0.5, 0.6) is 0 Å². The number of carbonyl (C=O) groups is 3. The molecule has 6 heteroatoms. The van der Waals surface area contributed by atoms with Crippen molar-refractivity contribution in [2.45, 2.75) is 70.5 Å². The third kappa shape index (κ3) is 1.88. The van der Waals surface area contributed by atoms with Crippen molar-refractivity contribution >= 4 is 17.8 Å². The lowest BCUT2D eigenvalue weighted by Crippen LogP contribution is -2.49. The molecule has 3 rings (SSSR count). The number of rotatable bonds is 4. The Hall–Kier alpha value is -1.59. The van der Waals surface area contributed by atoms with Crippen LogP contribution in [0.15, 0.2) is 0 Å². The highest BCUT2D eigenvalue weighted by molar-refractivity contribution is 6.10. The Kier molecular flexibility index (Phi) is 3.65. The van der Waals surface area contributed by atoms with Gasteiger partial charge < -0.3 is 9.80 Å². The zero-order chi connectivity index (χ0) is 16.1. The molecule has 0 aromatic rings. The molecule has 3 fully saturated rings. The predicted octanol–water partition coefficient (Wildman–Crippen LogP) is 1.59. The van der Waals surface area contributed by atoms with Crippen molar-refractivity contribution in [3.05, 3.63) is 0 Å². The SMILES string of the molecule is CCC[C@]12CCCN1C(=O)N([C@@H]1CCN(C(C)C)C1=O)C2=O. The minimum atomic E-state index is -0.669. The van der Waals surface area contributed by atoms with Gasteiger partial charge >= 0.3 is 6.03 Å². The van der Waals surface area contributed by atoms with E-state index in [0.29, 0.717) is 25.9 Å². The van der Waals surface area contributed by atoms with Crippen molar-refractivity contribution < 1.29 is 14.4 Å². The van der Waals surface area contributed by atoms with Crippen LogP contribution in [-0.4, -0.2) is 63.3 Å². The maximum absolute atomic E-state index is 13.0. The summed E-state index contributed by atoms with van der Waals surface area (Å²) in [7, 11) is 0. The van der Waals surface area contributed by atoms with E-state index in [1.54, 1.807) is 9.80 Å². The summed E-state index contributed by atoms with van der Waals surface area (Å²) in [6.45, 7) is 7.22. The first kappa shape index (κ1) is 15.3. The Balaban J connectivity index is 1.89. The number of imide groups is 1. The molecule has 0 aromatic carbocycles. The summed E-state index contributed by atoms with van der Waals surface area (Å²) in [5.41, 5.74) is -0.669. The van der Waals surface area contributed by atoms with Crippen molar-refractivity contribution in [2.75, 3.05) is 13.1 Å². The van der Waals surface area contributed by atoms with Gasteiger partial charge in [-0.05, 0) is 39.5 Å². The largest absolute Gasteiger partial charge is 0.338 e. The van der Waals surface area contributed by atoms with E-state index in [1.165, 1.54) is 4.90 Å². The van der Waals surface area contributed by atoms with Gasteiger partial charge in [-0.3, -0.25) is 9.59 Å². The van der Waals surface area contributed by atoms with E-state index in [9.17, 15) is 14.4 Å². The summed E-state index contributed by atoms with van der Waals surface area (Å²) < 4.78 is 0. The van der Waals surface area contributed by atoms with Gasteiger partial charge in [0.25, 0.3) is 5.91 Å². The third-order valence-electron chi connectivity index (χ3n) is 5.35. The summed E-state index contributed by atoms with van der Waals surface area (Å²) in [5, 5.41) is 0. The zero-order valence-electron chi connectivity index (χ0n) is 13.7. The first-order valence-corrected chi connectivity index (χ1v) is 8.40. The number of hydrogen-bond donors (Lipinski definition) is 0. The molecule has 122 valence electrons. The summed E-state index contributed by atoms with van der Waals surface area (Å²) in [5.74, 6) is -0.217. The van der Waals surface area contributed by atoms with E-state index < -0.39 is 11.6 Å². The van der Waals surface area contributed by atoms with Crippen molar-refractivity contribution in [1.82, 2.24) is 14.7 Å². The monoisotopic (exact) mass is 307 g/mol. The van der Waals surface area contributed by atoms with Gasteiger partial charge in [-0.2, -0.15) is 0 Å². The van der Waals surface area contributed by atoms with Gasteiger partial charge in [0.2, 0.25) is 5.91 Å². The van der Waals surface area contributed by atoms with Crippen LogP contribution in [0.1, 0.15) is 52.9 Å². The second-order valence-corrected chi connectivity index (χ2v) is 6.92. The second kappa shape index (κ2) is 5.25. The van der Waals surface area contributed by atoms with E-state index in [4.69, 9.17) is 0 Å². The molecule has 0 aromatic heterocycles. The summed E-state index contributed by atoms with van der Waals surface area (Å²) in [6.07, 6.45) is 3.73. The smallest absolute Gasteiger partial charge is 0.328 e. The van der Waals surface area contributed by atoms with Crippen LogP contribution >= 0.6 is 0 Å². The molecule has 3 saturated heterocycles. The normalized spacial score (nSPS) is 31.9. The number of hydrogen-bond acceptors (Lipinski definition) is 3. The minimum Gasteiger partial charge on any atom is -0.338 e. The van der Waals surface area contributed by atoms with Gasteiger partial charge in [0.05, 0.1) is 0 Å². The fourth-order valence-corrected chi connectivity index (χ4v) is 4.31. The van der Waals surface area contributed by atoms with Gasteiger partial charge in [-0.15, -0.1) is 0 Å². The molecule has 6 nitrogen and oxygen atoms in total. The van der Waals surface area contributed by atoms with E-state index in [0.717, 1.165) is 19.3 Å². The summed E-state index contributed by atoms with van der Waals surface area (Å²) >= 11 is 0. The molecule has 0 bridgehead atoms. The average Bonchev–Trinajstić information content (AvgIpc) is 3.09. The molecule has 0 unspecified atom stereocenters. The van der Waals surface area contributed by atoms with Crippen molar-refractivity contribution in [3.8, 4) is 0 Å². The number of fused-ring (bicyclic) bond motifs is 1. The van der Waals surface area contributed by atoms with Crippen LogP contribution in [0.3, 0.4) is 0 Å². The van der Waals surface area contributed by atoms with E-state index in [1.807, 2.05) is 20.8 Å². The van der Waals surface area contributed by atoms with Crippen LogP contribution < -0.4 is 0 Å². The number of nitrogens with zero attached hydrogens (tertiary/aromatic N) is 3. The Morgan fingerprint density at radius 2 is 1.95 bits per heavy atom. The fourth-order valence-electron chi connectivity index (χ4n) is 4.31. The fraction of sp³-hybridized carbons (Fsp3) is 0.812. The van der Waals surface area contributed by atoms with Crippen LogP contribution in [0, 0.1) is 0 Å². The summed E-state index contributed by atoms with van der Waals surface area (Å²) in [4.78, 5) is 43.1. The lowest BCUT2D eigenvalue weighted by molar-refractivity contribution is -0.141. The first-order chi connectivity index (χ1) is 10.4. The number of amides is 4. The molecule has 3 heterocycles. The Morgan fingerprint density at radius 1 is 1.23 bits per heavy atom. The van der Waals surface area contributed by atoms with Crippen LogP contribution in [0.4, 0.5) is 4.79 Å². The number of urea groups is 1. The van der Waals surface area contributed by atoms with Crippen LogP contribution in [0.2, 0.25) is 0 Å². The van der Waals surface area contributed by atoms with Gasteiger partial charge in [0, 0.05) is 19.1 Å². The zero-order valence-corrected chi connectivity index (χ0v) is 13.7. The third-order valence-corrected chi connectivity index (χ3v) is 5.35. The first-order valence-electron chi connectivity index (χ1n) is 8.40. The number of likely N-dealkylation sites (tertiary alicyclic amines) is 1. The van der Waals surface area contributed by atoms with Crippen LogP contribution in [-0.2, 0) is 9.59 Å². The maximum Gasteiger partial charge on any atom is 0.328 e. The van der Waals surface area contributed by atoms with Gasteiger partial charge in [-0.1, -0.05) is 13.3 Å². The quantitative estimate of drug-likeness (QED) is 0.741. The lowest BCUT2D eigenvalue weighted by atomic mass is 9.90. The molecule has 0 spiro atoms. The second-order valence-electron chi connectivity index (χ2n) is 6.92. The van der Waals surface area contributed by atoms with Crippen molar-refractivity contribution in [2.24, 2.45) is 0 Å².